The molecule has 0 bridgehead atoms. The van der Waals surface area contributed by atoms with Gasteiger partial charge in [-0.2, -0.15) is 0 Å². The zero-order valence-electron chi connectivity index (χ0n) is 16.1. The van der Waals surface area contributed by atoms with Crippen molar-refractivity contribution in [3.05, 3.63) is 66.0 Å². The van der Waals surface area contributed by atoms with Gasteiger partial charge in [-0.05, 0) is 43.4 Å². The monoisotopic (exact) mass is 392 g/mol. The van der Waals surface area contributed by atoms with Crippen molar-refractivity contribution in [2.24, 2.45) is 0 Å². The zero-order valence-corrected chi connectivity index (χ0v) is 16.9. The Morgan fingerprint density at radius 1 is 1.11 bits per heavy atom. The molecule has 1 aliphatic rings. The average molecular weight is 393 g/mol. The van der Waals surface area contributed by atoms with Crippen molar-refractivity contribution in [1.82, 2.24) is 20.1 Å². The standard InChI is InChI=1S/C22H24N4OS/c1-15(17-8-10-19(11-9-17)18-6-4-3-5-7-18)23-21(27)14-28-22-25-24-16(2)26(22)20-12-13-20/h3-11,15,20H,12-14H2,1-2H3,(H,23,27)/t15-/m0/s1. The molecule has 28 heavy (non-hydrogen) atoms. The molecule has 1 saturated carbocycles. The maximum atomic E-state index is 12.4. The van der Waals surface area contributed by atoms with E-state index in [2.05, 4.69) is 56.5 Å². The van der Waals surface area contributed by atoms with Crippen LogP contribution in [-0.4, -0.2) is 26.4 Å². The summed E-state index contributed by atoms with van der Waals surface area (Å²) in [4.78, 5) is 12.4. The number of thioether (sulfide) groups is 1. The largest absolute Gasteiger partial charge is 0.349 e. The second kappa shape index (κ2) is 8.19. The Labute approximate surface area is 169 Å². The van der Waals surface area contributed by atoms with Crippen LogP contribution in [0.25, 0.3) is 11.1 Å². The van der Waals surface area contributed by atoms with Gasteiger partial charge in [0, 0.05) is 6.04 Å². The van der Waals surface area contributed by atoms with Crippen molar-refractivity contribution in [1.29, 1.82) is 0 Å². The number of amides is 1. The highest BCUT2D eigenvalue weighted by Crippen LogP contribution is 2.38. The minimum absolute atomic E-state index is 0.00707. The summed E-state index contributed by atoms with van der Waals surface area (Å²) >= 11 is 1.46. The van der Waals surface area contributed by atoms with E-state index in [1.165, 1.54) is 35.7 Å². The molecule has 4 rings (SSSR count). The summed E-state index contributed by atoms with van der Waals surface area (Å²) in [6.07, 6.45) is 2.35. The lowest BCUT2D eigenvalue weighted by Crippen LogP contribution is -2.28. The molecule has 0 unspecified atom stereocenters. The Hall–Kier alpha value is -2.60. The molecule has 0 radical (unpaired) electrons. The lowest BCUT2D eigenvalue weighted by atomic mass is 10.0. The summed E-state index contributed by atoms with van der Waals surface area (Å²) < 4.78 is 2.16. The lowest BCUT2D eigenvalue weighted by Gasteiger charge is -2.15. The molecule has 5 nitrogen and oxygen atoms in total. The van der Waals surface area contributed by atoms with E-state index in [-0.39, 0.29) is 11.9 Å². The number of hydrogen-bond donors (Lipinski definition) is 1. The van der Waals surface area contributed by atoms with Crippen LogP contribution in [-0.2, 0) is 4.79 Å². The van der Waals surface area contributed by atoms with Crippen LogP contribution < -0.4 is 5.32 Å². The van der Waals surface area contributed by atoms with Crippen molar-refractivity contribution in [3.8, 4) is 11.1 Å². The lowest BCUT2D eigenvalue weighted by molar-refractivity contribution is -0.119. The van der Waals surface area contributed by atoms with Crippen LogP contribution in [0.15, 0.2) is 59.8 Å². The number of rotatable bonds is 7. The molecule has 1 aromatic heterocycles. The summed E-state index contributed by atoms with van der Waals surface area (Å²) in [6.45, 7) is 3.98. The van der Waals surface area contributed by atoms with Crippen LogP contribution in [0.4, 0.5) is 0 Å². The molecule has 1 fully saturated rings. The molecule has 1 heterocycles. The Morgan fingerprint density at radius 2 is 1.79 bits per heavy atom. The van der Waals surface area contributed by atoms with Crippen LogP contribution in [0, 0.1) is 6.92 Å². The molecule has 1 amide bonds. The minimum atomic E-state index is -0.0408. The number of aryl methyl sites for hydroxylation is 1. The SMILES string of the molecule is Cc1nnc(SCC(=O)N[C@@H](C)c2ccc(-c3ccccc3)cc2)n1C1CC1. The predicted octanol–water partition coefficient (Wildman–Crippen LogP) is 4.56. The quantitative estimate of drug-likeness (QED) is 0.599. The van der Waals surface area contributed by atoms with Crippen molar-refractivity contribution in [2.75, 3.05) is 5.75 Å². The van der Waals surface area contributed by atoms with Crippen LogP contribution in [0.3, 0.4) is 0 Å². The number of aromatic nitrogens is 3. The number of nitrogens with zero attached hydrogens (tertiary/aromatic N) is 3. The number of benzene rings is 2. The van der Waals surface area contributed by atoms with E-state index in [0.29, 0.717) is 11.8 Å². The van der Waals surface area contributed by atoms with Gasteiger partial charge in [-0.25, -0.2) is 0 Å². The van der Waals surface area contributed by atoms with Gasteiger partial charge < -0.3 is 9.88 Å². The van der Waals surface area contributed by atoms with E-state index in [0.717, 1.165) is 16.5 Å². The zero-order chi connectivity index (χ0) is 19.5. The molecule has 1 N–H and O–H groups in total. The van der Waals surface area contributed by atoms with Gasteiger partial charge in [0.15, 0.2) is 5.16 Å². The van der Waals surface area contributed by atoms with Gasteiger partial charge in [-0.15, -0.1) is 10.2 Å². The minimum Gasteiger partial charge on any atom is -0.349 e. The Bertz CT molecular complexity index is 948. The maximum absolute atomic E-state index is 12.4. The van der Waals surface area contributed by atoms with Crippen LogP contribution >= 0.6 is 11.8 Å². The first-order chi connectivity index (χ1) is 13.6. The second-order valence-electron chi connectivity index (χ2n) is 7.20. The molecule has 1 aliphatic carbocycles. The fraction of sp³-hybridized carbons (Fsp3) is 0.318. The Kier molecular flexibility index (Phi) is 5.48. The predicted molar refractivity (Wildman–Crippen MR) is 112 cm³/mol. The fourth-order valence-electron chi connectivity index (χ4n) is 3.29. The van der Waals surface area contributed by atoms with Crippen LogP contribution in [0.1, 0.15) is 43.2 Å². The molecule has 2 aromatic carbocycles. The molecule has 0 aliphatic heterocycles. The summed E-state index contributed by atoms with van der Waals surface area (Å²) in [6, 6.07) is 19.1. The van der Waals surface area contributed by atoms with E-state index in [9.17, 15) is 4.79 Å². The van der Waals surface area contributed by atoms with Gasteiger partial charge in [-0.3, -0.25) is 4.79 Å². The number of carbonyl (C=O) groups is 1. The van der Waals surface area contributed by atoms with Gasteiger partial charge in [0.1, 0.15) is 5.82 Å². The van der Waals surface area contributed by atoms with E-state index < -0.39 is 0 Å². The molecule has 0 saturated heterocycles. The van der Waals surface area contributed by atoms with Gasteiger partial charge in [0.05, 0.1) is 11.8 Å². The first kappa shape index (κ1) is 18.7. The van der Waals surface area contributed by atoms with Crippen LogP contribution in [0.5, 0.6) is 0 Å². The van der Waals surface area contributed by atoms with Crippen molar-refractivity contribution in [3.63, 3.8) is 0 Å². The molecule has 3 aromatic rings. The number of hydrogen-bond acceptors (Lipinski definition) is 4. The van der Waals surface area contributed by atoms with Gasteiger partial charge >= 0.3 is 0 Å². The Balaban J connectivity index is 1.33. The van der Waals surface area contributed by atoms with Crippen molar-refractivity contribution < 1.29 is 4.79 Å². The molecule has 6 heteroatoms. The average Bonchev–Trinajstić information content (AvgIpc) is 3.49. The number of carbonyl (C=O) groups excluding carboxylic acids is 1. The first-order valence-electron chi connectivity index (χ1n) is 9.61. The van der Waals surface area contributed by atoms with E-state index in [1.54, 1.807) is 0 Å². The fourth-order valence-corrected chi connectivity index (χ4v) is 4.16. The third-order valence-electron chi connectivity index (χ3n) is 4.97. The molecule has 1 atom stereocenters. The first-order valence-corrected chi connectivity index (χ1v) is 10.6. The highest BCUT2D eigenvalue weighted by molar-refractivity contribution is 7.99. The molecule has 144 valence electrons. The molecule has 0 spiro atoms. The summed E-state index contributed by atoms with van der Waals surface area (Å²) in [5.74, 6) is 1.28. The highest BCUT2D eigenvalue weighted by atomic mass is 32.2. The summed E-state index contributed by atoms with van der Waals surface area (Å²) in [5, 5.41) is 12.3. The van der Waals surface area contributed by atoms with Crippen molar-refractivity contribution >= 4 is 17.7 Å². The third-order valence-corrected chi connectivity index (χ3v) is 5.92. The third kappa shape index (κ3) is 4.28. The smallest absolute Gasteiger partial charge is 0.230 e. The van der Waals surface area contributed by atoms with Crippen LogP contribution in [0.2, 0.25) is 0 Å². The van der Waals surface area contributed by atoms with E-state index >= 15 is 0 Å². The molecular formula is C22H24N4OS. The van der Waals surface area contributed by atoms with Gasteiger partial charge in [0.25, 0.3) is 0 Å². The second-order valence-corrected chi connectivity index (χ2v) is 8.14. The van der Waals surface area contributed by atoms with E-state index in [4.69, 9.17) is 0 Å². The highest BCUT2D eigenvalue weighted by Gasteiger charge is 2.28. The maximum Gasteiger partial charge on any atom is 0.230 e. The van der Waals surface area contributed by atoms with E-state index in [1.807, 2.05) is 32.0 Å². The van der Waals surface area contributed by atoms with Gasteiger partial charge in [0.2, 0.25) is 5.91 Å². The summed E-state index contributed by atoms with van der Waals surface area (Å²) in [7, 11) is 0. The van der Waals surface area contributed by atoms with Gasteiger partial charge in [-0.1, -0.05) is 66.4 Å². The van der Waals surface area contributed by atoms with Crippen molar-refractivity contribution in [2.45, 2.75) is 43.9 Å². The molecular weight excluding hydrogens is 368 g/mol. The normalized spacial score (nSPS) is 14.6. The summed E-state index contributed by atoms with van der Waals surface area (Å²) in [5.41, 5.74) is 3.46. The topological polar surface area (TPSA) is 59.8 Å². The number of nitrogens with one attached hydrogen (secondary N) is 1. The Morgan fingerprint density at radius 3 is 2.46 bits per heavy atom.